The van der Waals surface area contributed by atoms with Gasteiger partial charge in [-0.15, -0.1) is 11.3 Å². The molecule has 1 aliphatic rings. The second kappa shape index (κ2) is 7.68. The van der Waals surface area contributed by atoms with Crippen LogP contribution in [0, 0.1) is 0 Å². The van der Waals surface area contributed by atoms with E-state index < -0.39 is 0 Å². The molecule has 4 aromatic rings. The van der Waals surface area contributed by atoms with E-state index in [1.54, 1.807) is 17.5 Å². The monoisotopic (exact) mass is 400 g/mol. The van der Waals surface area contributed by atoms with Crippen LogP contribution in [0.4, 0.5) is 0 Å². The van der Waals surface area contributed by atoms with Crippen molar-refractivity contribution in [3.8, 4) is 16.2 Å². The van der Waals surface area contributed by atoms with E-state index in [4.69, 9.17) is 4.74 Å². The van der Waals surface area contributed by atoms with Crippen molar-refractivity contribution >= 4 is 28.1 Å². The molecule has 4 nitrogen and oxygen atoms in total. The Kier molecular flexibility index (Phi) is 4.74. The highest BCUT2D eigenvalue weighted by atomic mass is 32.1. The standard InChI is InChI=1S/C24H20N2O2S/c27-24(19-10-8-17(9-11-19)22-7-3-15-29-22)26-14-12-20(16-26)28-21-6-1-4-18-5-2-13-25-23(18)21/h1-11,13,15,20H,12,14,16H2. The Morgan fingerprint density at radius 1 is 1.03 bits per heavy atom. The van der Waals surface area contributed by atoms with E-state index in [1.807, 2.05) is 65.6 Å². The third kappa shape index (κ3) is 3.61. The molecule has 1 unspecified atom stereocenters. The molecule has 144 valence electrons. The molecular weight excluding hydrogens is 380 g/mol. The molecule has 0 bridgehead atoms. The summed E-state index contributed by atoms with van der Waals surface area (Å²) in [6.45, 7) is 1.29. The predicted octanol–water partition coefficient (Wildman–Crippen LogP) is 5.26. The van der Waals surface area contributed by atoms with Crippen molar-refractivity contribution in [3.05, 3.63) is 83.9 Å². The van der Waals surface area contributed by atoms with Gasteiger partial charge in [0.2, 0.25) is 0 Å². The van der Waals surface area contributed by atoms with Crippen LogP contribution in [0.3, 0.4) is 0 Å². The Bertz CT molecular complexity index is 1130. The molecule has 0 spiro atoms. The molecular formula is C24H20N2O2S. The third-order valence-corrected chi connectivity index (χ3v) is 6.18. The molecule has 0 saturated carbocycles. The molecule has 2 aromatic carbocycles. The van der Waals surface area contributed by atoms with Gasteiger partial charge in [-0.2, -0.15) is 0 Å². The normalized spacial score (nSPS) is 16.3. The number of carbonyl (C=O) groups is 1. The van der Waals surface area contributed by atoms with Crippen molar-refractivity contribution in [2.75, 3.05) is 13.1 Å². The molecule has 0 N–H and O–H groups in total. The number of pyridine rings is 1. The highest BCUT2D eigenvalue weighted by molar-refractivity contribution is 7.13. The SMILES string of the molecule is O=C(c1ccc(-c2cccs2)cc1)N1CCC(Oc2cccc3cccnc23)C1. The summed E-state index contributed by atoms with van der Waals surface area (Å²) in [5.74, 6) is 0.840. The maximum absolute atomic E-state index is 12.9. The van der Waals surface area contributed by atoms with Gasteiger partial charge in [-0.05, 0) is 41.3 Å². The van der Waals surface area contributed by atoms with Crippen LogP contribution < -0.4 is 4.74 Å². The van der Waals surface area contributed by atoms with Gasteiger partial charge in [0.05, 0.1) is 6.54 Å². The van der Waals surface area contributed by atoms with E-state index in [1.165, 1.54) is 4.88 Å². The number of benzene rings is 2. The highest BCUT2D eigenvalue weighted by Gasteiger charge is 2.28. The van der Waals surface area contributed by atoms with E-state index in [0.717, 1.165) is 34.2 Å². The average Bonchev–Trinajstić information content (AvgIpc) is 3.46. The summed E-state index contributed by atoms with van der Waals surface area (Å²) in [4.78, 5) is 20.5. The number of rotatable bonds is 4. The van der Waals surface area contributed by atoms with Gasteiger partial charge in [0, 0.05) is 35.0 Å². The molecule has 0 radical (unpaired) electrons. The Balaban J connectivity index is 1.27. The number of nitrogens with zero attached hydrogens (tertiary/aromatic N) is 2. The number of ether oxygens (including phenoxy) is 1. The van der Waals surface area contributed by atoms with E-state index in [9.17, 15) is 4.79 Å². The summed E-state index contributed by atoms with van der Waals surface area (Å²) in [5.41, 5.74) is 2.73. The summed E-state index contributed by atoms with van der Waals surface area (Å²) >= 11 is 1.70. The zero-order valence-corrected chi connectivity index (χ0v) is 16.6. The first-order valence-corrected chi connectivity index (χ1v) is 10.6. The average molecular weight is 401 g/mol. The second-order valence-corrected chi connectivity index (χ2v) is 8.11. The van der Waals surface area contributed by atoms with Crippen LogP contribution in [0.15, 0.2) is 78.3 Å². The zero-order valence-electron chi connectivity index (χ0n) is 15.8. The lowest BCUT2D eigenvalue weighted by Crippen LogP contribution is -2.30. The van der Waals surface area contributed by atoms with Gasteiger partial charge >= 0.3 is 0 Å². The molecule has 1 amide bonds. The molecule has 29 heavy (non-hydrogen) atoms. The van der Waals surface area contributed by atoms with Crippen molar-refractivity contribution < 1.29 is 9.53 Å². The van der Waals surface area contributed by atoms with Crippen LogP contribution in [0.25, 0.3) is 21.3 Å². The van der Waals surface area contributed by atoms with Gasteiger partial charge < -0.3 is 9.64 Å². The first-order chi connectivity index (χ1) is 14.3. The third-order valence-electron chi connectivity index (χ3n) is 5.26. The van der Waals surface area contributed by atoms with Gasteiger partial charge in [0.15, 0.2) is 0 Å². The maximum Gasteiger partial charge on any atom is 0.253 e. The van der Waals surface area contributed by atoms with Gasteiger partial charge in [-0.1, -0.05) is 36.4 Å². The number of amides is 1. The van der Waals surface area contributed by atoms with E-state index in [0.29, 0.717) is 13.1 Å². The Hall–Kier alpha value is -3.18. The minimum atomic E-state index is -0.0167. The number of aromatic nitrogens is 1. The van der Waals surface area contributed by atoms with Crippen molar-refractivity contribution in [3.63, 3.8) is 0 Å². The van der Waals surface area contributed by atoms with Crippen molar-refractivity contribution in [1.29, 1.82) is 0 Å². The van der Waals surface area contributed by atoms with Crippen molar-refractivity contribution in [1.82, 2.24) is 9.88 Å². The molecule has 1 saturated heterocycles. The number of carbonyl (C=O) groups excluding carboxylic acids is 1. The predicted molar refractivity (Wildman–Crippen MR) is 116 cm³/mol. The molecule has 1 atom stereocenters. The van der Waals surface area contributed by atoms with Crippen LogP contribution >= 0.6 is 11.3 Å². The molecule has 2 aromatic heterocycles. The van der Waals surface area contributed by atoms with Crippen LogP contribution in [0.1, 0.15) is 16.8 Å². The summed E-state index contributed by atoms with van der Waals surface area (Å²) in [7, 11) is 0. The minimum Gasteiger partial charge on any atom is -0.486 e. The molecule has 5 rings (SSSR count). The topological polar surface area (TPSA) is 42.4 Å². The summed E-state index contributed by atoms with van der Waals surface area (Å²) < 4.78 is 6.22. The van der Waals surface area contributed by atoms with Crippen LogP contribution in [0.2, 0.25) is 0 Å². The number of hydrogen-bond donors (Lipinski definition) is 0. The van der Waals surface area contributed by atoms with Gasteiger partial charge in [0.25, 0.3) is 5.91 Å². The van der Waals surface area contributed by atoms with E-state index in [-0.39, 0.29) is 12.0 Å². The molecule has 5 heteroatoms. The molecule has 0 aliphatic carbocycles. The fourth-order valence-electron chi connectivity index (χ4n) is 3.76. The first kappa shape index (κ1) is 17.9. The highest BCUT2D eigenvalue weighted by Crippen LogP contribution is 2.28. The largest absolute Gasteiger partial charge is 0.486 e. The molecule has 1 fully saturated rings. The number of thiophene rings is 1. The fraction of sp³-hybridized carbons (Fsp3) is 0.167. The van der Waals surface area contributed by atoms with Crippen molar-refractivity contribution in [2.45, 2.75) is 12.5 Å². The van der Waals surface area contributed by atoms with E-state index in [2.05, 4.69) is 16.4 Å². The quantitative estimate of drug-likeness (QED) is 0.469. The summed E-state index contributed by atoms with van der Waals surface area (Å²) in [6, 6.07) is 21.9. The summed E-state index contributed by atoms with van der Waals surface area (Å²) in [5, 5.41) is 3.12. The fourth-order valence-corrected chi connectivity index (χ4v) is 4.50. The first-order valence-electron chi connectivity index (χ1n) is 9.71. The Morgan fingerprint density at radius 3 is 2.72 bits per heavy atom. The Morgan fingerprint density at radius 2 is 1.90 bits per heavy atom. The van der Waals surface area contributed by atoms with Gasteiger partial charge in [-0.3, -0.25) is 9.78 Å². The lowest BCUT2D eigenvalue weighted by atomic mass is 10.1. The zero-order chi connectivity index (χ0) is 19.6. The molecule has 3 heterocycles. The minimum absolute atomic E-state index is 0.0167. The second-order valence-electron chi connectivity index (χ2n) is 7.17. The smallest absolute Gasteiger partial charge is 0.253 e. The Labute approximate surface area is 173 Å². The lowest BCUT2D eigenvalue weighted by Gasteiger charge is -2.18. The van der Waals surface area contributed by atoms with Gasteiger partial charge in [-0.25, -0.2) is 0 Å². The van der Waals surface area contributed by atoms with E-state index >= 15 is 0 Å². The number of fused-ring (bicyclic) bond motifs is 1. The molecule has 1 aliphatic heterocycles. The number of para-hydroxylation sites is 1. The maximum atomic E-state index is 12.9. The number of likely N-dealkylation sites (tertiary alicyclic amines) is 1. The van der Waals surface area contributed by atoms with Crippen LogP contribution in [0.5, 0.6) is 5.75 Å². The van der Waals surface area contributed by atoms with Crippen molar-refractivity contribution in [2.24, 2.45) is 0 Å². The van der Waals surface area contributed by atoms with Gasteiger partial charge in [0.1, 0.15) is 17.4 Å². The van der Waals surface area contributed by atoms with Crippen LogP contribution in [-0.4, -0.2) is 35.0 Å². The summed E-state index contributed by atoms with van der Waals surface area (Å²) in [6.07, 6.45) is 2.58. The lowest BCUT2D eigenvalue weighted by molar-refractivity contribution is 0.0773. The number of hydrogen-bond acceptors (Lipinski definition) is 4. The van der Waals surface area contributed by atoms with Crippen LogP contribution in [-0.2, 0) is 0 Å².